The molecule has 0 aliphatic carbocycles. The van der Waals surface area contributed by atoms with E-state index in [0.29, 0.717) is 44.8 Å². The van der Waals surface area contributed by atoms with Crippen molar-refractivity contribution >= 4 is 21.9 Å². The molecule has 0 unspecified atom stereocenters. The number of rotatable bonds is 8. The summed E-state index contributed by atoms with van der Waals surface area (Å²) in [6.07, 6.45) is -5.08. The first kappa shape index (κ1) is 28.8. The Balaban J connectivity index is 0.000000675. The molecule has 0 saturated carbocycles. The van der Waals surface area contributed by atoms with Crippen LogP contribution in [0.4, 0.5) is 13.2 Å². The molecule has 1 aliphatic rings. The fourth-order valence-electron chi connectivity index (χ4n) is 2.90. The van der Waals surface area contributed by atoms with Gasteiger partial charge in [0.2, 0.25) is 10.0 Å². The highest BCUT2D eigenvalue weighted by Crippen LogP contribution is 2.13. The summed E-state index contributed by atoms with van der Waals surface area (Å²) in [6.45, 7) is 5.61. The van der Waals surface area contributed by atoms with Crippen LogP contribution >= 0.6 is 0 Å². The van der Waals surface area contributed by atoms with Crippen LogP contribution in [0.5, 0.6) is 0 Å². The number of amides is 1. The van der Waals surface area contributed by atoms with Crippen molar-refractivity contribution in [3.8, 4) is 0 Å². The molecule has 0 atom stereocenters. The normalized spacial score (nSPS) is 15.0. The van der Waals surface area contributed by atoms with Crippen LogP contribution in [0.15, 0.2) is 24.3 Å². The van der Waals surface area contributed by atoms with E-state index >= 15 is 0 Å². The number of nitrogens with zero attached hydrogens (tertiary/aromatic N) is 3. The minimum absolute atomic E-state index is 0.0436. The topological polar surface area (TPSA) is 110 Å². The number of hydrogen-bond donors (Lipinski definition) is 2. The lowest BCUT2D eigenvalue weighted by Crippen LogP contribution is -2.49. The first-order valence-electron chi connectivity index (χ1n) is 10.2. The number of hydrogen-bond acceptors (Lipinski definition) is 6. The average Bonchev–Trinajstić information content (AvgIpc) is 2.74. The monoisotopic (exact) mass is 496 g/mol. The number of carbonyl (C=O) groups excluding carboxylic acids is 1. The number of carbonyl (C=O) groups is 2. The summed E-state index contributed by atoms with van der Waals surface area (Å²) >= 11 is 0. The Morgan fingerprint density at radius 3 is 2.12 bits per heavy atom. The SMILES string of the molecule is Cc1ccccc1C(=O)N(CCN(C)C)CCS(=O)(=O)N1CCNCC1.O=C(O)C(F)(F)F. The Hall–Kier alpha value is -2.22. The number of halogens is 3. The Morgan fingerprint density at radius 2 is 1.64 bits per heavy atom. The first-order valence-corrected chi connectivity index (χ1v) is 11.8. The largest absolute Gasteiger partial charge is 0.490 e. The molecule has 188 valence electrons. The number of likely N-dealkylation sites (N-methyl/N-ethyl adjacent to an activating group) is 1. The summed E-state index contributed by atoms with van der Waals surface area (Å²) in [6, 6.07) is 7.42. The fraction of sp³-hybridized carbons (Fsp3) is 0.600. The maximum Gasteiger partial charge on any atom is 0.490 e. The van der Waals surface area contributed by atoms with Gasteiger partial charge in [0.25, 0.3) is 5.91 Å². The van der Waals surface area contributed by atoms with Crippen molar-refractivity contribution in [3.05, 3.63) is 35.4 Å². The second kappa shape index (κ2) is 12.9. The van der Waals surface area contributed by atoms with Gasteiger partial charge in [0.15, 0.2) is 0 Å². The molecule has 2 N–H and O–H groups in total. The highest BCUT2D eigenvalue weighted by atomic mass is 32.2. The van der Waals surface area contributed by atoms with Crippen molar-refractivity contribution in [1.82, 2.24) is 19.4 Å². The summed E-state index contributed by atoms with van der Waals surface area (Å²) in [7, 11) is 0.520. The lowest BCUT2D eigenvalue weighted by Gasteiger charge is -2.29. The third-order valence-corrected chi connectivity index (χ3v) is 6.66. The van der Waals surface area contributed by atoms with E-state index in [9.17, 15) is 26.4 Å². The molecular weight excluding hydrogens is 465 g/mol. The number of alkyl halides is 3. The third kappa shape index (κ3) is 10.1. The Morgan fingerprint density at radius 1 is 1.09 bits per heavy atom. The standard InChI is InChI=1S/C18H30N4O3S.C2HF3O2/c1-16-6-4-5-7-17(16)18(23)21(13-12-20(2)3)14-15-26(24,25)22-10-8-19-9-11-22;3-2(4,5)1(6)7/h4-7,19H,8-15H2,1-3H3;(H,6,7). The Bertz CT molecular complexity index is 888. The minimum Gasteiger partial charge on any atom is -0.475 e. The second-order valence-electron chi connectivity index (χ2n) is 7.68. The molecule has 0 bridgehead atoms. The summed E-state index contributed by atoms with van der Waals surface area (Å²) < 4.78 is 58.5. The lowest BCUT2D eigenvalue weighted by atomic mass is 10.1. The van der Waals surface area contributed by atoms with Crippen LogP contribution in [-0.2, 0) is 14.8 Å². The van der Waals surface area contributed by atoms with Crippen LogP contribution < -0.4 is 5.32 Å². The predicted octanol–water partition coefficient (Wildman–Crippen LogP) is 0.867. The molecule has 1 aromatic rings. The predicted molar refractivity (Wildman–Crippen MR) is 118 cm³/mol. The number of piperazine rings is 1. The van der Waals surface area contributed by atoms with E-state index in [-0.39, 0.29) is 18.2 Å². The van der Waals surface area contributed by atoms with Crippen molar-refractivity contribution in [1.29, 1.82) is 0 Å². The van der Waals surface area contributed by atoms with Crippen LogP contribution in [0.3, 0.4) is 0 Å². The van der Waals surface area contributed by atoms with Gasteiger partial charge < -0.3 is 20.2 Å². The van der Waals surface area contributed by atoms with Gasteiger partial charge in [-0.1, -0.05) is 18.2 Å². The molecule has 0 radical (unpaired) electrons. The quantitative estimate of drug-likeness (QED) is 0.550. The number of aryl methyl sites for hydroxylation is 1. The third-order valence-electron chi connectivity index (χ3n) is 4.81. The van der Waals surface area contributed by atoms with Gasteiger partial charge >= 0.3 is 12.1 Å². The van der Waals surface area contributed by atoms with E-state index in [4.69, 9.17) is 9.90 Å². The maximum absolute atomic E-state index is 13.0. The van der Waals surface area contributed by atoms with Crippen molar-refractivity contribution in [2.45, 2.75) is 13.1 Å². The minimum atomic E-state index is -5.08. The molecule has 1 amide bonds. The summed E-state index contributed by atoms with van der Waals surface area (Å²) in [5, 5.41) is 10.3. The summed E-state index contributed by atoms with van der Waals surface area (Å²) in [5.74, 6) is -2.91. The molecule has 1 heterocycles. The van der Waals surface area contributed by atoms with Gasteiger partial charge in [-0.3, -0.25) is 4.79 Å². The molecule has 2 rings (SSSR count). The van der Waals surface area contributed by atoms with Gasteiger partial charge in [-0.25, -0.2) is 13.2 Å². The van der Waals surface area contributed by atoms with E-state index in [1.807, 2.05) is 44.1 Å². The number of aliphatic carboxylic acids is 1. The highest BCUT2D eigenvalue weighted by Gasteiger charge is 2.38. The average molecular weight is 497 g/mol. The zero-order chi connectivity index (χ0) is 25.2. The molecule has 1 fully saturated rings. The van der Waals surface area contributed by atoms with Crippen molar-refractivity contribution in [3.63, 3.8) is 0 Å². The van der Waals surface area contributed by atoms with E-state index in [1.165, 1.54) is 4.31 Å². The molecule has 9 nitrogen and oxygen atoms in total. The number of carboxylic acids is 1. The van der Waals surface area contributed by atoms with Crippen LogP contribution in [0, 0.1) is 6.92 Å². The molecule has 1 saturated heterocycles. The van der Waals surface area contributed by atoms with Gasteiger partial charge in [0, 0.05) is 51.4 Å². The molecule has 1 aliphatic heterocycles. The van der Waals surface area contributed by atoms with Gasteiger partial charge in [-0.2, -0.15) is 17.5 Å². The summed E-state index contributed by atoms with van der Waals surface area (Å²) in [5.41, 5.74) is 1.53. The van der Waals surface area contributed by atoms with Gasteiger partial charge in [-0.15, -0.1) is 0 Å². The van der Waals surface area contributed by atoms with Gasteiger partial charge in [0.05, 0.1) is 5.75 Å². The van der Waals surface area contributed by atoms with Crippen LogP contribution in [0.2, 0.25) is 0 Å². The molecule has 13 heteroatoms. The number of nitrogens with one attached hydrogen (secondary N) is 1. The zero-order valence-electron chi connectivity index (χ0n) is 18.9. The fourth-order valence-corrected chi connectivity index (χ4v) is 4.34. The Kier molecular flexibility index (Phi) is 11.2. The van der Waals surface area contributed by atoms with Gasteiger partial charge in [-0.05, 0) is 32.6 Å². The van der Waals surface area contributed by atoms with E-state index in [2.05, 4.69) is 5.32 Å². The van der Waals surface area contributed by atoms with Crippen molar-refractivity contribution in [2.75, 3.05) is 65.7 Å². The first-order chi connectivity index (χ1) is 15.3. The number of benzene rings is 1. The molecular formula is C20H31F3N4O5S. The van der Waals surface area contributed by atoms with Crippen LogP contribution in [0.1, 0.15) is 15.9 Å². The molecule has 33 heavy (non-hydrogen) atoms. The van der Waals surface area contributed by atoms with E-state index in [1.54, 1.807) is 11.0 Å². The van der Waals surface area contributed by atoms with Crippen molar-refractivity contribution < 1.29 is 36.3 Å². The zero-order valence-corrected chi connectivity index (χ0v) is 19.7. The second-order valence-corrected chi connectivity index (χ2v) is 9.77. The Labute approximate surface area is 192 Å². The van der Waals surface area contributed by atoms with Crippen LogP contribution in [-0.4, -0.2) is 111 Å². The van der Waals surface area contributed by atoms with E-state index < -0.39 is 22.2 Å². The van der Waals surface area contributed by atoms with Crippen molar-refractivity contribution in [2.24, 2.45) is 0 Å². The van der Waals surface area contributed by atoms with Crippen LogP contribution in [0.25, 0.3) is 0 Å². The number of sulfonamides is 1. The molecule has 0 aromatic heterocycles. The summed E-state index contributed by atoms with van der Waals surface area (Å²) in [4.78, 5) is 25.5. The maximum atomic E-state index is 13.0. The number of carboxylic acid groups (broad SMARTS) is 1. The molecule has 0 spiro atoms. The highest BCUT2D eigenvalue weighted by molar-refractivity contribution is 7.89. The van der Waals surface area contributed by atoms with E-state index in [0.717, 1.165) is 5.56 Å². The lowest BCUT2D eigenvalue weighted by molar-refractivity contribution is -0.192. The smallest absolute Gasteiger partial charge is 0.475 e. The van der Waals surface area contributed by atoms with Gasteiger partial charge in [0.1, 0.15) is 0 Å². The molecule has 1 aromatic carbocycles.